The third kappa shape index (κ3) is 3.28. The van der Waals surface area contributed by atoms with Gasteiger partial charge in [-0.2, -0.15) is 0 Å². The molecule has 0 amide bonds. The Morgan fingerprint density at radius 2 is 1.96 bits per heavy atom. The zero-order chi connectivity index (χ0) is 19.0. The predicted octanol–water partition coefficient (Wildman–Crippen LogP) is 4.46. The molecule has 1 N–H and O–H groups in total. The third-order valence-electron chi connectivity index (χ3n) is 7.59. The summed E-state index contributed by atoms with van der Waals surface area (Å²) in [6.45, 7) is 1.02. The minimum Gasteiger partial charge on any atom is -0.457 e. The lowest BCUT2D eigenvalue weighted by Gasteiger charge is -2.56. The molecule has 1 aromatic carbocycles. The fourth-order valence-electron chi connectivity index (χ4n) is 6.32. The molecular weight excluding hydrogens is 354 g/mol. The van der Waals surface area contributed by atoms with Crippen LogP contribution in [0.5, 0.6) is 5.75 Å². The lowest BCUT2D eigenvalue weighted by molar-refractivity contribution is -0.0138. The topological polar surface area (TPSA) is 56.8 Å². The van der Waals surface area contributed by atoms with Crippen molar-refractivity contribution in [3.8, 4) is 5.75 Å². The van der Waals surface area contributed by atoms with E-state index < -0.39 is 6.16 Å². The molecule has 3 aliphatic carbocycles. The van der Waals surface area contributed by atoms with Gasteiger partial charge in [0.05, 0.1) is 0 Å². The fraction of sp³-hybridized carbons (Fsp3) is 0.696. The maximum Gasteiger partial charge on any atom is 0.511 e. The van der Waals surface area contributed by atoms with Crippen molar-refractivity contribution in [2.75, 3.05) is 13.3 Å². The van der Waals surface area contributed by atoms with Gasteiger partial charge < -0.3 is 19.5 Å². The van der Waals surface area contributed by atoms with Gasteiger partial charge in [-0.05, 0) is 87.1 Å². The molecule has 1 heterocycles. The molecule has 0 unspecified atom stereocenters. The second-order valence-corrected chi connectivity index (χ2v) is 9.02. The second kappa shape index (κ2) is 7.58. The molecule has 1 aliphatic heterocycles. The number of fused-ring (bicyclic) bond motifs is 1. The van der Waals surface area contributed by atoms with Crippen molar-refractivity contribution in [1.82, 2.24) is 5.32 Å². The number of rotatable bonds is 4. The first kappa shape index (κ1) is 18.3. The lowest BCUT2D eigenvalue weighted by Crippen LogP contribution is -2.59. The van der Waals surface area contributed by atoms with Gasteiger partial charge in [0.2, 0.25) is 6.79 Å². The first-order chi connectivity index (χ1) is 13.7. The molecule has 0 aromatic heterocycles. The van der Waals surface area contributed by atoms with Crippen LogP contribution in [0.1, 0.15) is 68.9 Å². The summed E-state index contributed by atoms with van der Waals surface area (Å²) in [5.41, 5.74) is 3.26. The summed E-state index contributed by atoms with van der Waals surface area (Å²) in [6, 6.07) is 7.08. The molecule has 5 heteroatoms. The van der Waals surface area contributed by atoms with Gasteiger partial charge in [0.15, 0.2) is 0 Å². The van der Waals surface area contributed by atoms with E-state index in [0.29, 0.717) is 11.5 Å². The molecule has 0 radical (unpaired) electrons. The van der Waals surface area contributed by atoms with E-state index in [1.165, 1.54) is 43.2 Å². The predicted molar refractivity (Wildman–Crippen MR) is 106 cm³/mol. The van der Waals surface area contributed by atoms with Crippen LogP contribution in [0, 0.1) is 5.92 Å². The minimum atomic E-state index is -0.614. The Morgan fingerprint density at radius 1 is 1.11 bits per heavy atom. The van der Waals surface area contributed by atoms with E-state index in [2.05, 4.69) is 17.4 Å². The fourth-order valence-corrected chi connectivity index (χ4v) is 6.32. The summed E-state index contributed by atoms with van der Waals surface area (Å²) in [4.78, 5) is 11.8. The Kier molecular flexibility index (Phi) is 4.95. The van der Waals surface area contributed by atoms with Crippen LogP contribution in [0.3, 0.4) is 0 Å². The summed E-state index contributed by atoms with van der Waals surface area (Å²) >= 11 is 0. The van der Waals surface area contributed by atoms with E-state index in [4.69, 9.17) is 14.2 Å². The van der Waals surface area contributed by atoms with Crippen molar-refractivity contribution in [2.45, 2.75) is 81.8 Å². The van der Waals surface area contributed by atoms with Crippen molar-refractivity contribution in [2.24, 2.45) is 5.92 Å². The summed E-state index contributed by atoms with van der Waals surface area (Å²) in [6.07, 6.45) is 11.2. The highest BCUT2D eigenvalue weighted by molar-refractivity contribution is 5.60. The number of hydrogen-bond donors (Lipinski definition) is 1. The quantitative estimate of drug-likeness (QED) is 0.612. The lowest BCUT2D eigenvalue weighted by atomic mass is 9.53. The number of hydrogen-bond acceptors (Lipinski definition) is 5. The van der Waals surface area contributed by atoms with Gasteiger partial charge in [-0.1, -0.05) is 18.9 Å². The van der Waals surface area contributed by atoms with Crippen LogP contribution in [0.25, 0.3) is 0 Å². The zero-order valence-electron chi connectivity index (χ0n) is 16.6. The number of carbonyl (C=O) groups excluding carboxylic acids is 1. The summed E-state index contributed by atoms with van der Waals surface area (Å²) in [7, 11) is 0. The smallest absolute Gasteiger partial charge is 0.457 e. The van der Waals surface area contributed by atoms with Crippen LogP contribution in [0.15, 0.2) is 18.2 Å². The van der Waals surface area contributed by atoms with E-state index in [-0.39, 0.29) is 12.9 Å². The van der Waals surface area contributed by atoms with Crippen molar-refractivity contribution >= 4 is 6.16 Å². The van der Waals surface area contributed by atoms with E-state index in [0.717, 1.165) is 50.3 Å². The van der Waals surface area contributed by atoms with Crippen molar-refractivity contribution in [1.29, 1.82) is 0 Å². The summed E-state index contributed by atoms with van der Waals surface area (Å²) in [5, 5.41) is 3.77. The van der Waals surface area contributed by atoms with Gasteiger partial charge in [0.1, 0.15) is 11.9 Å². The number of piperidine rings is 1. The molecule has 1 saturated heterocycles. The Morgan fingerprint density at radius 3 is 2.86 bits per heavy atom. The average Bonchev–Trinajstić information content (AvgIpc) is 3.21. The number of carbonyl (C=O) groups is 1. The molecule has 2 bridgehead atoms. The molecule has 3 atom stereocenters. The minimum absolute atomic E-state index is 0.0198. The molecule has 0 spiro atoms. The first-order valence-corrected chi connectivity index (χ1v) is 11.1. The van der Waals surface area contributed by atoms with Gasteiger partial charge in [0.25, 0.3) is 0 Å². The number of ether oxygens (including phenoxy) is 3. The maximum atomic E-state index is 11.8. The van der Waals surface area contributed by atoms with Gasteiger partial charge in [-0.15, -0.1) is 0 Å². The average molecular weight is 386 g/mol. The van der Waals surface area contributed by atoms with Gasteiger partial charge in [0, 0.05) is 11.5 Å². The highest BCUT2D eigenvalue weighted by atomic mass is 16.8. The van der Waals surface area contributed by atoms with E-state index in [9.17, 15) is 4.79 Å². The van der Waals surface area contributed by atoms with Crippen LogP contribution in [0.2, 0.25) is 0 Å². The van der Waals surface area contributed by atoms with Crippen LogP contribution in [-0.2, 0) is 21.3 Å². The first-order valence-electron chi connectivity index (χ1n) is 11.1. The van der Waals surface area contributed by atoms with Gasteiger partial charge in [-0.25, -0.2) is 4.79 Å². The summed E-state index contributed by atoms with van der Waals surface area (Å²) in [5.74, 6) is 1.54. The molecule has 3 fully saturated rings. The number of benzene rings is 1. The van der Waals surface area contributed by atoms with E-state index in [1.807, 2.05) is 6.07 Å². The molecule has 4 aliphatic rings. The highest BCUT2D eigenvalue weighted by Gasteiger charge is 2.51. The third-order valence-corrected chi connectivity index (χ3v) is 7.59. The Hall–Kier alpha value is -1.75. The molecule has 152 valence electrons. The highest BCUT2D eigenvalue weighted by Crippen LogP contribution is 2.54. The molecule has 5 rings (SSSR count). The van der Waals surface area contributed by atoms with Crippen LogP contribution < -0.4 is 10.1 Å². The van der Waals surface area contributed by atoms with Gasteiger partial charge in [-0.3, -0.25) is 0 Å². The maximum absolute atomic E-state index is 11.8. The Balaban J connectivity index is 1.26. The van der Waals surface area contributed by atoms with Crippen LogP contribution in [0.4, 0.5) is 4.79 Å². The molecule has 1 aromatic rings. The zero-order valence-corrected chi connectivity index (χ0v) is 16.6. The Bertz CT molecular complexity index is 725. The normalized spacial score (nSPS) is 31.6. The van der Waals surface area contributed by atoms with Crippen molar-refractivity contribution in [3.63, 3.8) is 0 Å². The molecule has 28 heavy (non-hydrogen) atoms. The monoisotopic (exact) mass is 385 g/mol. The SMILES string of the molecule is O=C(OCOc1ccc2c(c1)[C@]13CCCC[C@@H]1[C@H](C2)NCC3)OC1CCCC1. The van der Waals surface area contributed by atoms with Crippen LogP contribution >= 0.6 is 0 Å². The van der Waals surface area contributed by atoms with Crippen molar-refractivity contribution < 1.29 is 19.0 Å². The Labute approximate surface area is 167 Å². The van der Waals surface area contributed by atoms with E-state index in [1.54, 1.807) is 0 Å². The van der Waals surface area contributed by atoms with E-state index >= 15 is 0 Å². The standard InChI is InChI=1S/C23H31NO4/c25-22(28-17-5-1-2-6-17)27-15-26-18-9-8-16-13-21-19-7-3-4-10-23(19,11-12-24-21)20(16)14-18/h8-9,14,17,19,21,24H,1-7,10-13,15H2/t19-,21+,23+/m1/s1. The van der Waals surface area contributed by atoms with Crippen LogP contribution in [-0.4, -0.2) is 31.6 Å². The summed E-state index contributed by atoms with van der Waals surface area (Å²) < 4.78 is 16.2. The molecular formula is C23H31NO4. The van der Waals surface area contributed by atoms with Gasteiger partial charge >= 0.3 is 6.16 Å². The van der Waals surface area contributed by atoms with Crippen molar-refractivity contribution in [3.05, 3.63) is 29.3 Å². The second-order valence-electron chi connectivity index (χ2n) is 9.02. The molecule has 5 nitrogen and oxygen atoms in total. The number of nitrogens with one attached hydrogen (secondary N) is 1. The largest absolute Gasteiger partial charge is 0.511 e. The molecule has 2 saturated carbocycles.